The molecule has 2 aromatic rings. The van der Waals surface area contributed by atoms with Crippen LogP contribution >= 0.6 is 11.8 Å². The first-order valence-corrected chi connectivity index (χ1v) is 7.09. The van der Waals surface area contributed by atoms with Crippen molar-refractivity contribution in [2.24, 2.45) is 0 Å². The Kier molecular flexibility index (Phi) is 3.38. The van der Waals surface area contributed by atoms with Crippen LogP contribution in [0.2, 0.25) is 0 Å². The van der Waals surface area contributed by atoms with Gasteiger partial charge in [0.15, 0.2) is 0 Å². The van der Waals surface area contributed by atoms with Crippen LogP contribution in [-0.4, -0.2) is 16.6 Å². The summed E-state index contributed by atoms with van der Waals surface area (Å²) in [5.41, 5.74) is 2.89. The molecule has 1 aromatic heterocycles. The molecule has 3 nitrogen and oxygen atoms in total. The predicted octanol–water partition coefficient (Wildman–Crippen LogP) is 3.55. The second kappa shape index (κ2) is 4.97. The molecule has 0 radical (unpaired) electrons. The summed E-state index contributed by atoms with van der Waals surface area (Å²) in [5, 5.41) is 10.4. The highest BCUT2D eigenvalue weighted by molar-refractivity contribution is 6.26. The normalized spacial score (nSPS) is 17.7. The van der Waals surface area contributed by atoms with Crippen LogP contribution in [0.3, 0.4) is 0 Å². The van der Waals surface area contributed by atoms with Gasteiger partial charge in [0.25, 0.3) is 0 Å². The maximum Gasteiger partial charge on any atom is 0.123 e. The third-order valence-corrected chi connectivity index (χ3v) is 4.13. The lowest BCUT2D eigenvalue weighted by atomic mass is 9.91. The first-order chi connectivity index (χ1) is 9.88. The number of benzene rings is 1. The fourth-order valence-electron chi connectivity index (χ4n) is 2.67. The smallest absolute Gasteiger partial charge is 0.123 e. The van der Waals surface area contributed by atoms with Gasteiger partial charge in [-0.25, -0.2) is 4.39 Å². The Hall–Kier alpha value is -1.65. The van der Waals surface area contributed by atoms with E-state index in [2.05, 4.69) is 18.8 Å². The van der Waals surface area contributed by atoms with Crippen molar-refractivity contribution < 1.29 is 9.50 Å². The van der Waals surface area contributed by atoms with Gasteiger partial charge in [-0.1, -0.05) is 26.0 Å². The summed E-state index contributed by atoms with van der Waals surface area (Å²) in [5.74, 6) is -0.327. The Balaban J connectivity index is 1.98. The van der Waals surface area contributed by atoms with E-state index >= 15 is 0 Å². The zero-order valence-electron chi connectivity index (χ0n) is 11.8. The number of hydrogen-bond donors (Lipinski definition) is 1. The molecule has 21 heavy (non-hydrogen) atoms. The number of halogens is 2. The predicted molar refractivity (Wildman–Crippen MR) is 80.9 cm³/mol. The monoisotopic (exact) mass is 306 g/mol. The number of aliphatic hydroxyl groups is 1. The Morgan fingerprint density at radius 1 is 1.29 bits per heavy atom. The second-order valence-corrected chi connectivity index (χ2v) is 6.40. The van der Waals surface area contributed by atoms with Gasteiger partial charge in [-0.15, -0.1) is 0 Å². The minimum Gasteiger partial charge on any atom is -0.384 e. The van der Waals surface area contributed by atoms with Gasteiger partial charge in [0, 0.05) is 35.5 Å². The van der Waals surface area contributed by atoms with Crippen molar-refractivity contribution >= 4 is 17.5 Å². The van der Waals surface area contributed by atoms with E-state index in [1.165, 1.54) is 12.1 Å². The Bertz CT molecular complexity index is 672. The van der Waals surface area contributed by atoms with Crippen LogP contribution in [0.15, 0.2) is 36.5 Å². The lowest BCUT2D eigenvalue weighted by Crippen LogP contribution is -2.22. The summed E-state index contributed by atoms with van der Waals surface area (Å²) in [6.07, 6.45) is 0.808. The number of rotatable bonds is 2. The molecule has 1 N–H and O–H groups in total. The summed E-state index contributed by atoms with van der Waals surface area (Å²) < 4.78 is 14.6. The van der Waals surface area contributed by atoms with E-state index in [4.69, 9.17) is 11.8 Å². The van der Waals surface area contributed by atoms with Crippen molar-refractivity contribution in [3.05, 3.63) is 59.2 Å². The van der Waals surface area contributed by atoms with Crippen molar-refractivity contribution in [3.8, 4) is 0 Å². The number of aliphatic hydroxyl groups excluding tert-OH is 1. The van der Waals surface area contributed by atoms with E-state index < -0.39 is 6.10 Å². The highest BCUT2D eigenvalue weighted by Gasteiger charge is 2.36. The molecule has 0 aliphatic carbocycles. The average molecular weight is 307 g/mol. The fraction of sp³-hybridized carbons (Fsp3) is 0.312. The number of fused-ring (bicyclic) bond motifs is 1. The summed E-state index contributed by atoms with van der Waals surface area (Å²) in [7, 11) is 0. The molecule has 0 bridgehead atoms. The van der Waals surface area contributed by atoms with Gasteiger partial charge in [0.05, 0.1) is 11.4 Å². The molecule has 0 unspecified atom stereocenters. The molecule has 1 aliphatic rings. The Morgan fingerprint density at radius 3 is 2.62 bits per heavy atom. The second-order valence-electron chi connectivity index (χ2n) is 5.99. The number of hydrogen-bond acceptors (Lipinski definition) is 3. The minimum atomic E-state index is -0.850. The molecule has 0 fully saturated rings. The van der Waals surface area contributed by atoms with Gasteiger partial charge in [0.2, 0.25) is 0 Å². The van der Waals surface area contributed by atoms with E-state index in [0.29, 0.717) is 17.7 Å². The zero-order valence-corrected chi connectivity index (χ0v) is 12.6. The maximum absolute atomic E-state index is 13.0. The molecule has 0 amide bonds. The minimum absolute atomic E-state index is 0.115. The van der Waals surface area contributed by atoms with Crippen molar-refractivity contribution in [2.75, 3.05) is 11.0 Å². The highest BCUT2D eigenvalue weighted by Crippen LogP contribution is 2.41. The van der Waals surface area contributed by atoms with Crippen molar-refractivity contribution in [2.45, 2.75) is 25.4 Å². The third-order valence-electron chi connectivity index (χ3n) is 3.83. The van der Waals surface area contributed by atoms with Crippen LogP contribution in [0.1, 0.15) is 36.8 Å². The van der Waals surface area contributed by atoms with Crippen molar-refractivity contribution in [1.29, 1.82) is 0 Å². The number of pyridine rings is 1. The van der Waals surface area contributed by atoms with E-state index in [1.54, 1.807) is 22.7 Å². The van der Waals surface area contributed by atoms with Crippen LogP contribution in [0.5, 0.6) is 0 Å². The largest absolute Gasteiger partial charge is 0.384 e. The van der Waals surface area contributed by atoms with Gasteiger partial charge in [-0.3, -0.25) is 9.40 Å². The van der Waals surface area contributed by atoms with E-state index in [0.717, 1.165) is 11.4 Å². The van der Waals surface area contributed by atoms with Crippen LogP contribution in [0.4, 0.5) is 10.1 Å². The maximum atomic E-state index is 13.0. The molecule has 0 spiro atoms. The van der Waals surface area contributed by atoms with Gasteiger partial charge in [-0.05, 0) is 23.8 Å². The van der Waals surface area contributed by atoms with Crippen LogP contribution in [0.25, 0.3) is 0 Å². The molecular weight excluding hydrogens is 291 g/mol. The third kappa shape index (κ3) is 2.49. The summed E-state index contributed by atoms with van der Waals surface area (Å²) >= 11 is 6.23. The van der Waals surface area contributed by atoms with Crippen LogP contribution in [0, 0.1) is 5.82 Å². The molecule has 3 rings (SSSR count). The lowest BCUT2D eigenvalue weighted by molar-refractivity contribution is 0.220. The van der Waals surface area contributed by atoms with Gasteiger partial charge >= 0.3 is 0 Å². The molecule has 2 heterocycles. The number of aromatic nitrogens is 1. The zero-order chi connectivity index (χ0) is 15.2. The standard InChI is InChI=1S/C16H16ClFN2O/c1-16(2)9-20(17)13-7-11(8-19-15(13)16)14(21)10-3-5-12(18)6-4-10/h3-8,14,21H,9H2,1-2H3/t14-/m1/s1. The fourth-order valence-corrected chi connectivity index (χ4v) is 3.10. The van der Waals surface area contributed by atoms with Crippen molar-refractivity contribution in [1.82, 2.24) is 4.98 Å². The number of anilines is 1. The quantitative estimate of drug-likeness (QED) is 0.862. The summed E-state index contributed by atoms with van der Waals surface area (Å²) in [4.78, 5) is 4.47. The van der Waals surface area contributed by atoms with E-state index in [1.807, 2.05) is 6.07 Å². The Morgan fingerprint density at radius 2 is 1.95 bits per heavy atom. The Labute approximate surface area is 128 Å². The molecule has 1 aliphatic heterocycles. The molecule has 0 saturated carbocycles. The molecular formula is C16H16ClFN2O. The molecule has 110 valence electrons. The summed E-state index contributed by atoms with van der Waals surface area (Å²) in [6, 6.07) is 7.63. The molecule has 1 atom stereocenters. The molecule has 1 aromatic carbocycles. The lowest BCUT2D eigenvalue weighted by Gasteiger charge is -2.16. The molecule has 5 heteroatoms. The average Bonchev–Trinajstić information content (AvgIpc) is 2.68. The van der Waals surface area contributed by atoms with Crippen molar-refractivity contribution in [3.63, 3.8) is 0 Å². The topological polar surface area (TPSA) is 36.4 Å². The number of nitrogens with zero attached hydrogens (tertiary/aromatic N) is 2. The SMILES string of the molecule is CC1(C)CN(Cl)c2cc([C@H](O)c3ccc(F)cc3)cnc21. The molecule has 0 saturated heterocycles. The highest BCUT2D eigenvalue weighted by atomic mass is 35.5. The van der Waals surface area contributed by atoms with E-state index in [9.17, 15) is 9.50 Å². The van der Waals surface area contributed by atoms with E-state index in [-0.39, 0.29) is 11.2 Å². The van der Waals surface area contributed by atoms with Crippen LogP contribution in [-0.2, 0) is 5.41 Å². The van der Waals surface area contributed by atoms with Crippen LogP contribution < -0.4 is 4.42 Å². The first kappa shape index (κ1) is 14.3. The van der Waals surface area contributed by atoms with Gasteiger partial charge in [-0.2, -0.15) is 0 Å². The summed E-state index contributed by atoms with van der Waals surface area (Å²) in [6.45, 7) is 4.83. The van der Waals surface area contributed by atoms with Gasteiger partial charge in [0.1, 0.15) is 11.9 Å². The van der Waals surface area contributed by atoms with Gasteiger partial charge < -0.3 is 5.11 Å². The first-order valence-electron chi connectivity index (χ1n) is 6.76.